The molecule has 0 bridgehead atoms. The van der Waals surface area contributed by atoms with Gasteiger partial charge in [0.15, 0.2) is 0 Å². The van der Waals surface area contributed by atoms with E-state index in [9.17, 15) is 5.26 Å². The normalized spacial score (nSPS) is 16.9. The van der Waals surface area contributed by atoms with Crippen LogP contribution in [0.25, 0.3) is 22.2 Å². The Hall–Kier alpha value is -2.81. The fourth-order valence-electron chi connectivity index (χ4n) is 5.10. The van der Waals surface area contributed by atoms with Crippen LogP contribution in [0.15, 0.2) is 42.5 Å². The van der Waals surface area contributed by atoms with Crippen molar-refractivity contribution < 1.29 is 10.5 Å². The average Bonchev–Trinajstić information content (AvgIpc) is 3.39. The standard InChI is InChI=1S/C27H32N4O/c28-19-25-24-13-12-23(32-17-4-3-16-30-14-1-2-15-30)18-26(24)31(22-6-5-7-22)27(25)20-8-10-21(29)11-9-20/h8-13,18,22H,1-7,14-17,29H2/p+1. The molecule has 3 aromatic rings. The Morgan fingerprint density at radius 3 is 2.47 bits per heavy atom. The van der Waals surface area contributed by atoms with Crippen molar-refractivity contribution in [3.8, 4) is 23.1 Å². The van der Waals surface area contributed by atoms with Crippen LogP contribution in [0.4, 0.5) is 5.69 Å². The van der Waals surface area contributed by atoms with E-state index in [0.717, 1.165) is 65.0 Å². The molecule has 1 aliphatic heterocycles. The van der Waals surface area contributed by atoms with E-state index in [-0.39, 0.29) is 0 Å². The third-order valence-electron chi connectivity index (χ3n) is 7.09. The highest BCUT2D eigenvalue weighted by Crippen LogP contribution is 2.43. The third-order valence-corrected chi connectivity index (χ3v) is 7.09. The second kappa shape index (κ2) is 9.36. The number of nitriles is 1. The van der Waals surface area contributed by atoms with Crippen LogP contribution in [-0.2, 0) is 0 Å². The van der Waals surface area contributed by atoms with Crippen LogP contribution < -0.4 is 10.5 Å². The Bertz CT molecular complexity index is 1120. The Morgan fingerprint density at radius 1 is 1.00 bits per heavy atom. The van der Waals surface area contributed by atoms with Crippen molar-refractivity contribution in [3.63, 3.8) is 0 Å². The lowest BCUT2D eigenvalue weighted by molar-refractivity contribution is -0.254. The largest absolute Gasteiger partial charge is 0.494 e. The molecule has 2 aromatic carbocycles. The number of aromatic nitrogens is 1. The maximum atomic E-state index is 10.1. The molecule has 32 heavy (non-hydrogen) atoms. The van der Waals surface area contributed by atoms with Gasteiger partial charge in [0.05, 0.1) is 23.4 Å². The molecule has 0 unspecified atom stereocenters. The summed E-state index contributed by atoms with van der Waals surface area (Å²) in [4.78, 5) is 2.56. The Morgan fingerprint density at radius 2 is 1.78 bits per heavy atom. The van der Waals surface area contributed by atoms with Crippen molar-refractivity contribution in [1.82, 2.24) is 9.47 Å². The van der Waals surface area contributed by atoms with Gasteiger partial charge in [0.2, 0.25) is 0 Å². The van der Waals surface area contributed by atoms with Crippen LogP contribution in [-0.4, -0.2) is 35.7 Å². The fourth-order valence-corrected chi connectivity index (χ4v) is 5.10. The minimum absolute atomic E-state index is 0.449. The zero-order valence-electron chi connectivity index (χ0n) is 18.9. The molecule has 1 saturated carbocycles. The van der Waals surface area contributed by atoms with E-state index >= 15 is 0 Å². The van der Waals surface area contributed by atoms with Gasteiger partial charge >= 0.3 is 0 Å². The number of unbranched alkanes of at least 4 members (excludes halogenated alkanes) is 1. The first-order chi connectivity index (χ1) is 15.7. The van der Waals surface area contributed by atoms with Gasteiger partial charge in [-0.05, 0) is 107 Å². The molecule has 0 atom stereocenters. The van der Waals surface area contributed by atoms with Crippen molar-refractivity contribution in [2.45, 2.75) is 51.0 Å². The summed E-state index contributed by atoms with van der Waals surface area (Å²) < 4.78 is 8.54. The number of ether oxygens (including phenoxy) is 1. The van der Waals surface area contributed by atoms with E-state index in [1.54, 1.807) is 0 Å². The molecule has 166 valence electrons. The first-order valence-corrected chi connectivity index (χ1v) is 12.1. The van der Waals surface area contributed by atoms with E-state index in [4.69, 9.17) is 4.74 Å². The topological polar surface area (TPSA) is 68.8 Å². The number of benzene rings is 2. The maximum Gasteiger partial charge on any atom is 0.127 e. The minimum atomic E-state index is 0.449. The summed E-state index contributed by atoms with van der Waals surface area (Å²) in [6.07, 6.45) is 8.53. The molecule has 5 nitrogen and oxygen atoms in total. The molecule has 5 rings (SSSR count). The smallest absolute Gasteiger partial charge is 0.127 e. The molecule has 2 heterocycles. The summed E-state index contributed by atoms with van der Waals surface area (Å²) in [7, 11) is 0. The number of quaternary nitrogens is 1. The van der Waals surface area contributed by atoms with Crippen LogP contribution in [0.2, 0.25) is 0 Å². The van der Waals surface area contributed by atoms with Gasteiger partial charge in [-0.1, -0.05) is 0 Å². The molecule has 0 amide bonds. The summed E-state index contributed by atoms with van der Waals surface area (Å²) in [6, 6.07) is 17.4. The number of hydrogen-bond donors (Lipinski definition) is 1. The monoisotopic (exact) mass is 429 g/mol. The van der Waals surface area contributed by atoms with E-state index in [2.05, 4.69) is 45.5 Å². The number of fused-ring (bicyclic) bond motifs is 1. The minimum Gasteiger partial charge on any atom is -0.494 e. The molecular weight excluding hydrogens is 396 g/mol. The van der Waals surface area contributed by atoms with Crippen LogP contribution in [0.5, 0.6) is 5.75 Å². The quantitative estimate of drug-likeness (QED) is 0.511. The van der Waals surface area contributed by atoms with Gasteiger partial charge in [0, 0.05) is 17.5 Å². The zero-order valence-corrected chi connectivity index (χ0v) is 18.9. The first kappa shape index (κ1) is 21.1. The molecule has 1 saturated heterocycles. The van der Waals surface area contributed by atoms with E-state index < -0.39 is 0 Å². The van der Waals surface area contributed by atoms with Crippen LogP contribution >= 0.6 is 0 Å². The lowest BCUT2D eigenvalue weighted by Crippen LogP contribution is -2.39. The predicted molar refractivity (Wildman–Crippen MR) is 128 cm³/mol. The number of nitrogens with zero attached hydrogens (tertiary/aromatic N) is 3. The average molecular weight is 430 g/mol. The third kappa shape index (κ3) is 4.13. The molecule has 2 aliphatic rings. The Balaban J connectivity index is 1.40. The SMILES string of the molecule is N#Cc1c(-c2ccc([NH3+])cc2)n(C2CCC2)c2cc(OCCCCN3CCCC3)ccc12. The number of hydrogen-bond acceptors (Lipinski definition) is 3. The Labute approximate surface area is 190 Å². The van der Waals surface area contributed by atoms with E-state index in [0.29, 0.717) is 6.04 Å². The predicted octanol–water partition coefficient (Wildman–Crippen LogP) is 5.03. The lowest BCUT2D eigenvalue weighted by atomic mass is 9.92. The van der Waals surface area contributed by atoms with Gasteiger partial charge in [-0.25, -0.2) is 0 Å². The summed E-state index contributed by atoms with van der Waals surface area (Å²) >= 11 is 0. The molecule has 3 N–H and O–H groups in total. The molecule has 1 aromatic heterocycles. The van der Waals surface area contributed by atoms with Gasteiger partial charge in [-0.2, -0.15) is 5.26 Å². The van der Waals surface area contributed by atoms with Crippen molar-refractivity contribution >= 4 is 16.6 Å². The highest BCUT2D eigenvalue weighted by molar-refractivity contribution is 5.95. The van der Waals surface area contributed by atoms with Gasteiger partial charge < -0.3 is 19.9 Å². The number of rotatable bonds is 8. The second-order valence-corrected chi connectivity index (χ2v) is 9.27. The van der Waals surface area contributed by atoms with E-state index in [1.807, 2.05) is 18.2 Å². The molecule has 0 radical (unpaired) electrons. The van der Waals surface area contributed by atoms with Gasteiger partial charge in [0.25, 0.3) is 0 Å². The fraction of sp³-hybridized carbons (Fsp3) is 0.444. The van der Waals surface area contributed by atoms with Crippen molar-refractivity contribution in [3.05, 3.63) is 48.0 Å². The van der Waals surface area contributed by atoms with Gasteiger partial charge in [-0.3, -0.25) is 0 Å². The van der Waals surface area contributed by atoms with Crippen LogP contribution in [0.3, 0.4) is 0 Å². The molecular formula is C27H33N4O+. The van der Waals surface area contributed by atoms with Crippen LogP contribution in [0.1, 0.15) is 56.6 Å². The Kier molecular flexibility index (Phi) is 6.16. The zero-order chi connectivity index (χ0) is 21.9. The summed E-state index contributed by atoms with van der Waals surface area (Å²) in [5.74, 6) is 0.904. The molecule has 0 spiro atoms. The summed E-state index contributed by atoms with van der Waals surface area (Å²) in [5.41, 5.74) is 9.00. The highest BCUT2D eigenvalue weighted by atomic mass is 16.5. The maximum absolute atomic E-state index is 10.1. The molecule has 2 fully saturated rings. The summed E-state index contributed by atoms with van der Waals surface area (Å²) in [6.45, 7) is 4.45. The van der Waals surface area contributed by atoms with Gasteiger partial charge in [-0.15, -0.1) is 0 Å². The lowest BCUT2D eigenvalue weighted by Gasteiger charge is -2.30. The first-order valence-electron chi connectivity index (χ1n) is 12.1. The van der Waals surface area contributed by atoms with Gasteiger partial charge in [0.1, 0.15) is 17.5 Å². The molecule has 5 heteroatoms. The van der Waals surface area contributed by atoms with E-state index in [1.165, 1.54) is 45.3 Å². The van der Waals surface area contributed by atoms with Crippen molar-refractivity contribution in [1.29, 1.82) is 5.26 Å². The van der Waals surface area contributed by atoms with Crippen LogP contribution in [0, 0.1) is 11.3 Å². The molecule has 1 aliphatic carbocycles. The highest BCUT2D eigenvalue weighted by Gasteiger charge is 2.28. The second-order valence-electron chi connectivity index (χ2n) is 9.27. The summed E-state index contributed by atoms with van der Waals surface area (Å²) in [5, 5.41) is 11.1. The van der Waals surface area contributed by atoms with Crippen molar-refractivity contribution in [2.24, 2.45) is 0 Å². The number of likely N-dealkylation sites (tertiary alicyclic amines) is 1. The van der Waals surface area contributed by atoms with Crippen molar-refractivity contribution in [2.75, 3.05) is 26.2 Å².